The van der Waals surface area contributed by atoms with Crippen molar-refractivity contribution in [2.75, 3.05) is 11.9 Å². The molecule has 94 valence electrons. The summed E-state index contributed by atoms with van der Waals surface area (Å²) in [7, 11) is 2.17. The average molecular weight is 233 g/mol. The molecule has 1 aliphatic rings. The van der Waals surface area contributed by atoms with Gasteiger partial charge < -0.3 is 10.0 Å². The number of rotatable bonds is 3. The standard InChI is InChI=1S/C15H23NO/c1-3-12-4-6-13(7-5-12)16(2)14-8-10-15(17)11-9-14/h4-7,14-15,17H,3,8-11H2,1-2H3. The maximum atomic E-state index is 9.53. The number of anilines is 1. The van der Waals surface area contributed by atoms with Gasteiger partial charge in [-0.3, -0.25) is 0 Å². The van der Waals surface area contributed by atoms with E-state index in [4.69, 9.17) is 0 Å². The van der Waals surface area contributed by atoms with Crippen LogP contribution >= 0.6 is 0 Å². The molecule has 0 bridgehead atoms. The molecule has 0 aliphatic heterocycles. The number of hydrogen-bond acceptors (Lipinski definition) is 2. The van der Waals surface area contributed by atoms with Gasteiger partial charge in [-0.15, -0.1) is 0 Å². The van der Waals surface area contributed by atoms with Gasteiger partial charge in [0.25, 0.3) is 0 Å². The topological polar surface area (TPSA) is 23.5 Å². The van der Waals surface area contributed by atoms with Crippen LogP contribution in [0.15, 0.2) is 24.3 Å². The number of hydrogen-bond donors (Lipinski definition) is 1. The zero-order valence-corrected chi connectivity index (χ0v) is 10.9. The van der Waals surface area contributed by atoms with Crippen LogP contribution in [0.25, 0.3) is 0 Å². The van der Waals surface area contributed by atoms with Crippen molar-refractivity contribution in [1.82, 2.24) is 0 Å². The molecule has 0 spiro atoms. The second kappa shape index (κ2) is 5.54. The Morgan fingerprint density at radius 2 is 1.71 bits per heavy atom. The first-order chi connectivity index (χ1) is 8.20. The maximum Gasteiger partial charge on any atom is 0.0541 e. The summed E-state index contributed by atoms with van der Waals surface area (Å²) in [6.07, 6.45) is 5.13. The lowest BCUT2D eigenvalue weighted by molar-refractivity contribution is 0.122. The lowest BCUT2D eigenvalue weighted by atomic mass is 9.92. The number of aryl methyl sites for hydroxylation is 1. The molecule has 1 aromatic carbocycles. The molecule has 2 nitrogen and oxygen atoms in total. The fourth-order valence-electron chi connectivity index (χ4n) is 2.62. The first kappa shape index (κ1) is 12.4. The average Bonchev–Trinajstić information content (AvgIpc) is 2.39. The van der Waals surface area contributed by atoms with E-state index in [1.165, 1.54) is 11.3 Å². The van der Waals surface area contributed by atoms with Crippen LogP contribution in [0.2, 0.25) is 0 Å². The van der Waals surface area contributed by atoms with Gasteiger partial charge in [-0.1, -0.05) is 19.1 Å². The summed E-state index contributed by atoms with van der Waals surface area (Å²) in [5.41, 5.74) is 2.69. The molecular formula is C15H23NO. The third kappa shape index (κ3) is 3.01. The van der Waals surface area contributed by atoms with Crippen LogP contribution in [-0.4, -0.2) is 24.3 Å². The highest BCUT2D eigenvalue weighted by Crippen LogP contribution is 2.26. The Kier molecular flexibility index (Phi) is 4.06. The molecule has 17 heavy (non-hydrogen) atoms. The lowest BCUT2D eigenvalue weighted by Gasteiger charge is -2.34. The first-order valence-electron chi connectivity index (χ1n) is 6.70. The van der Waals surface area contributed by atoms with Crippen LogP contribution in [0.4, 0.5) is 5.69 Å². The third-order valence-corrected chi connectivity index (χ3v) is 3.97. The van der Waals surface area contributed by atoms with E-state index in [1.807, 2.05) is 0 Å². The number of aliphatic hydroxyl groups excluding tert-OH is 1. The second-order valence-corrected chi connectivity index (χ2v) is 5.09. The van der Waals surface area contributed by atoms with Gasteiger partial charge in [0.2, 0.25) is 0 Å². The van der Waals surface area contributed by atoms with Crippen LogP contribution < -0.4 is 4.90 Å². The Hall–Kier alpha value is -1.02. The van der Waals surface area contributed by atoms with Crippen LogP contribution in [0.3, 0.4) is 0 Å². The van der Waals surface area contributed by atoms with E-state index in [2.05, 4.69) is 43.1 Å². The summed E-state index contributed by atoms with van der Waals surface area (Å²) in [5, 5.41) is 9.53. The minimum atomic E-state index is -0.0675. The number of aliphatic hydroxyl groups is 1. The molecule has 1 aliphatic carbocycles. The van der Waals surface area contributed by atoms with Crippen molar-refractivity contribution < 1.29 is 5.11 Å². The predicted octanol–water partition coefficient (Wildman–Crippen LogP) is 2.99. The molecule has 1 N–H and O–H groups in total. The summed E-state index contributed by atoms with van der Waals surface area (Å²) in [5.74, 6) is 0. The molecule has 2 heteroatoms. The first-order valence-corrected chi connectivity index (χ1v) is 6.70. The van der Waals surface area contributed by atoms with E-state index in [0.717, 1.165) is 32.1 Å². The van der Waals surface area contributed by atoms with Gasteiger partial charge >= 0.3 is 0 Å². The molecule has 0 amide bonds. The molecule has 0 heterocycles. The highest BCUT2D eigenvalue weighted by atomic mass is 16.3. The summed E-state index contributed by atoms with van der Waals surface area (Å²) < 4.78 is 0. The highest BCUT2D eigenvalue weighted by Gasteiger charge is 2.22. The Morgan fingerprint density at radius 3 is 2.24 bits per heavy atom. The molecule has 0 unspecified atom stereocenters. The third-order valence-electron chi connectivity index (χ3n) is 3.97. The Bertz CT molecular complexity index is 338. The zero-order valence-electron chi connectivity index (χ0n) is 10.9. The molecule has 0 atom stereocenters. The van der Waals surface area contributed by atoms with Crippen LogP contribution in [0, 0.1) is 0 Å². The molecule has 0 radical (unpaired) electrons. The van der Waals surface area contributed by atoms with E-state index >= 15 is 0 Å². The summed E-state index contributed by atoms with van der Waals surface area (Å²) in [4.78, 5) is 2.37. The zero-order chi connectivity index (χ0) is 12.3. The van der Waals surface area contributed by atoms with Gasteiger partial charge in [-0.05, 0) is 49.8 Å². The van der Waals surface area contributed by atoms with Gasteiger partial charge in [0.15, 0.2) is 0 Å². The quantitative estimate of drug-likeness (QED) is 0.867. The molecule has 1 aromatic rings. The van der Waals surface area contributed by atoms with Gasteiger partial charge in [-0.2, -0.15) is 0 Å². The SMILES string of the molecule is CCc1ccc(N(C)C2CCC(O)CC2)cc1. The largest absolute Gasteiger partial charge is 0.393 e. The fourth-order valence-corrected chi connectivity index (χ4v) is 2.62. The molecule has 1 saturated carbocycles. The van der Waals surface area contributed by atoms with E-state index in [0.29, 0.717) is 6.04 Å². The Balaban J connectivity index is 2.00. The normalized spacial score (nSPS) is 24.6. The number of benzene rings is 1. The second-order valence-electron chi connectivity index (χ2n) is 5.09. The molecule has 2 rings (SSSR count). The van der Waals surface area contributed by atoms with Gasteiger partial charge in [0.1, 0.15) is 0 Å². The van der Waals surface area contributed by atoms with Crippen LogP contribution in [0.1, 0.15) is 38.2 Å². The Labute approximate surface area is 104 Å². The predicted molar refractivity (Wildman–Crippen MR) is 72.5 cm³/mol. The minimum absolute atomic E-state index is 0.0675. The van der Waals surface area contributed by atoms with Crippen molar-refractivity contribution in [2.24, 2.45) is 0 Å². The van der Waals surface area contributed by atoms with Gasteiger partial charge in [0.05, 0.1) is 6.10 Å². The monoisotopic (exact) mass is 233 g/mol. The van der Waals surface area contributed by atoms with Crippen molar-refractivity contribution in [2.45, 2.75) is 51.2 Å². The molecular weight excluding hydrogens is 210 g/mol. The van der Waals surface area contributed by atoms with E-state index in [9.17, 15) is 5.11 Å². The van der Waals surface area contributed by atoms with Crippen molar-refractivity contribution >= 4 is 5.69 Å². The molecule has 1 fully saturated rings. The Morgan fingerprint density at radius 1 is 1.12 bits per heavy atom. The minimum Gasteiger partial charge on any atom is -0.393 e. The van der Waals surface area contributed by atoms with E-state index in [-0.39, 0.29) is 6.10 Å². The van der Waals surface area contributed by atoms with Crippen molar-refractivity contribution in [3.05, 3.63) is 29.8 Å². The van der Waals surface area contributed by atoms with Crippen LogP contribution in [-0.2, 0) is 6.42 Å². The van der Waals surface area contributed by atoms with Crippen molar-refractivity contribution in [1.29, 1.82) is 0 Å². The molecule has 0 aromatic heterocycles. The van der Waals surface area contributed by atoms with Gasteiger partial charge in [0, 0.05) is 18.8 Å². The summed E-state index contributed by atoms with van der Waals surface area (Å²) >= 11 is 0. The lowest BCUT2D eigenvalue weighted by Crippen LogP contribution is -2.36. The van der Waals surface area contributed by atoms with Crippen molar-refractivity contribution in [3.63, 3.8) is 0 Å². The highest BCUT2D eigenvalue weighted by molar-refractivity contribution is 5.47. The van der Waals surface area contributed by atoms with Gasteiger partial charge in [-0.25, -0.2) is 0 Å². The van der Waals surface area contributed by atoms with Crippen LogP contribution in [0.5, 0.6) is 0 Å². The number of nitrogens with zero attached hydrogens (tertiary/aromatic N) is 1. The maximum absolute atomic E-state index is 9.53. The smallest absolute Gasteiger partial charge is 0.0541 e. The van der Waals surface area contributed by atoms with Crippen molar-refractivity contribution in [3.8, 4) is 0 Å². The summed E-state index contributed by atoms with van der Waals surface area (Å²) in [6, 6.07) is 9.44. The van der Waals surface area contributed by atoms with E-state index in [1.54, 1.807) is 0 Å². The fraction of sp³-hybridized carbons (Fsp3) is 0.600. The summed E-state index contributed by atoms with van der Waals surface area (Å²) in [6.45, 7) is 2.18. The molecule has 0 saturated heterocycles. The van der Waals surface area contributed by atoms with E-state index < -0.39 is 0 Å².